The van der Waals surface area contributed by atoms with Gasteiger partial charge in [0.1, 0.15) is 5.75 Å². The van der Waals surface area contributed by atoms with Gasteiger partial charge in [-0.15, -0.1) is 0 Å². The Morgan fingerprint density at radius 2 is 1.76 bits per heavy atom. The SMILES string of the molecule is COC(=O)c1ccc(NC(=O)Cc2ccccc2O)cc1. The van der Waals surface area contributed by atoms with Crippen molar-refractivity contribution in [3.63, 3.8) is 0 Å². The van der Waals surface area contributed by atoms with E-state index in [0.717, 1.165) is 0 Å². The molecule has 5 heteroatoms. The predicted octanol–water partition coefficient (Wildman–Crippen LogP) is 2.36. The van der Waals surface area contributed by atoms with Gasteiger partial charge in [0.2, 0.25) is 5.91 Å². The second-order valence-corrected chi connectivity index (χ2v) is 4.42. The number of phenols is 1. The Balaban J connectivity index is 2.00. The summed E-state index contributed by atoms with van der Waals surface area (Å²) in [5.74, 6) is -0.585. The minimum atomic E-state index is -0.429. The van der Waals surface area contributed by atoms with Crippen molar-refractivity contribution in [3.05, 3.63) is 59.7 Å². The van der Waals surface area contributed by atoms with Crippen molar-refractivity contribution in [2.75, 3.05) is 12.4 Å². The Morgan fingerprint density at radius 3 is 2.38 bits per heavy atom. The summed E-state index contributed by atoms with van der Waals surface area (Å²) in [4.78, 5) is 23.2. The molecule has 2 rings (SSSR count). The highest BCUT2D eigenvalue weighted by Gasteiger charge is 2.09. The van der Waals surface area contributed by atoms with Gasteiger partial charge in [0.05, 0.1) is 19.1 Å². The smallest absolute Gasteiger partial charge is 0.337 e. The highest BCUT2D eigenvalue weighted by Crippen LogP contribution is 2.17. The molecular formula is C16H15NO4. The third-order valence-corrected chi connectivity index (χ3v) is 2.93. The molecule has 0 atom stereocenters. The van der Waals surface area contributed by atoms with Crippen LogP contribution in [-0.2, 0) is 16.0 Å². The molecular weight excluding hydrogens is 270 g/mol. The van der Waals surface area contributed by atoms with E-state index < -0.39 is 5.97 Å². The van der Waals surface area contributed by atoms with E-state index >= 15 is 0 Å². The van der Waals surface area contributed by atoms with Crippen molar-refractivity contribution in [2.45, 2.75) is 6.42 Å². The minimum absolute atomic E-state index is 0.0748. The zero-order valence-electron chi connectivity index (χ0n) is 11.5. The Kier molecular flexibility index (Phi) is 4.56. The summed E-state index contributed by atoms with van der Waals surface area (Å²) in [6.07, 6.45) is 0.0748. The van der Waals surface area contributed by atoms with E-state index in [1.54, 1.807) is 42.5 Å². The van der Waals surface area contributed by atoms with Gasteiger partial charge in [0.15, 0.2) is 0 Å². The first kappa shape index (κ1) is 14.6. The van der Waals surface area contributed by atoms with Crippen molar-refractivity contribution in [2.24, 2.45) is 0 Å². The van der Waals surface area contributed by atoms with Crippen molar-refractivity contribution in [1.82, 2.24) is 0 Å². The van der Waals surface area contributed by atoms with Crippen molar-refractivity contribution >= 4 is 17.6 Å². The quantitative estimate of drug-likeness (QED) is 0.846. The predicted molar refractivity (Wildman–Crippen MR) is 78.2 cm³/mol. The second kappa shape index (κ2) is 6.56. The summed E-state index contributed by atoms with van der Waals surface area (Å²) in [7, 11) is 1.31. The lowest BCUT2D eigenvalue weighted by Gasteiger charge is -2.07. The van der Waals surface area contributed by atoms with Crippen LogP contribution in [0.5, 0.6) is 5.75 Å². The molecule has 0 saturated carbocycles. The molecule has 2 aromatic carbocycles. The molecule has 0 unspecified atom stereocenters. The lowest BCUT2D eigenvalue weighted by atomic mass is 10.1. The van der Waals surface area contributed by atoms with Crippen LogP contribution in [0.1, 0.15) is 15.9 Å². The van der Waals surface area contributed by atoms with Crippen molar-refractivity contribution in [1.29, 1.82) is 0 Å². The van der Waals surface area contributed by atoms with Gasteiger partial charge in [-0.3, -0.25) is 4.79 Å². The number of carbonyl (C=O) groups is 2. The molecule has 0 aliphatic heterocycles. The van der Waals surface area contributed by atoms with Gasteiger partial charge in [0, 0.05) is 11.3 Å². The molecule has 0 heterocycles. The van der Waals surface area contributed by atoms with Gasteiger partial charge in [-0.2, -0.15) is 0 Å². The van der Waals surface area contributed by atoms with Crippen molar-refractivity contribution < 1.29 is 19.4 Å². The monoisotopic (exact) mass is 285 g/mol. The van der Waals surface area contributed by atoms with E-state index in [0.29, 0.717) is 16.8 Å². The van der Waals surface area contributed by atoms with Gasteiger partial charge in [-0.05, 0) is 30.3 Å². The van der Waals surface area contributed by atoms with Crippen LogP contribution in [0, 0.1) is 0 Å². The molecule has 108 valence electrons. The van der Waals surface area contributed by atoms with Crippen LogP contribution in [-0.4, -0.2) is 24.1 Å². The average molecular weight is 285 g/mol. The fourth-order valence-corrected chi connectivity index (χ4v) is 1.85. The summed E-state index contributed by atoms with van der Waals surface area (Å²) in [6, 6.07) is 13.1. The summed E-state index contributed by atoms with van der Waals surface area (Å²) >= 11 is 0. The fraction of sp³-hybridized carbons (Fsp3) is 0.125. The van der Waals surface area contributed by atoms with Gasteiger partial charge < -0.3 is 15.2 Å². The largest absolute Gasteiger partial charge is 0.508 e. The van der Waals surface area contributed by atoms with Crippen LogP contribution in [0.25, 0.3) is 0 Å². The molecule has 1 amide bonds. The van der Waals surface area contributed by atoms with Crippen LogP contribution >= 0.6 is 0 Å². The first-order chi connectivity index (χ1) is 10.1. The normalized spacial score (nSPS) is 9.95. The second-order valence-electron chi connectivity index (χ2n) is 4.42. The third kappa shape index (κ3) is 3.82. The van der Waals surface area contributed by atoms with Crippen molar-refractivity contribution in [3.8, 4) is 5.75 Å². The van der Waals surface area contributed by atoms with E-state index in [2.05, 4.69) is 10.1 Å². The maximum Gasteiger partial charge on any atom is 0.337 e. The number of amides is 1. The molecule has 5 nitrogen and oxygen atoms in total. The molecule has 2 N–H and O–H groups in total. The van der Waals surface area contributed by atoms with E-state index in [-0.39, 0.29) is 18.1 Å². The van der Waals surface area contributed by atoms with E-state index in [1.165, 1.54) is 13.2 Å². The Labute approximate surface area is 122 Å². The summed E-state index contributed by atoms with van der Waals surface area (Å²) in [5, 5.41) is 12.3. The molecule has 0 fully saturated rings. The van der Waals surface area contributed by atoms with E-state index in [4.69, 9.17) is 0 Å². The number of esters is 1. The van der Waals surface area contributed by atoms with E-state index in [9.17, 15) is 14.7 Å². The number of methoxy groups -OCH3 is 1. The van der Waals surface area contributed by atoms with Crippen LogP contribution in [0.2, 0.25) is 0 Å². The molecule has 0 aromatic heterocycles. The first-order valence-electron chi connectivity index (χ1n) is 6.35. The minimum Gasteiger partial charge on any atom is -0.508 e. The lowest BCUT2D eigenvalue weighted by molar-refractivity contribution is -0.115. The maximum atomic E-state index is 11.9. The summed E-state index contributed by atoms with van der Waals surface area (Å²) in [5.41, 5.74) is 1.54. The highest BCUT2D eigenvalue weighted by molar-refractivity contribution is 5.94. The number of phenolic OH excluding ortho intramolecular Hbond substituents is 1. The molecule has 21 heavy (non-hydrogen) atoms. The molecule has 0 saturated heterocycles. The summed E-state index contributed by atoms with van der Waals surface area (Å²) in [6.45, 7) is 0. The Hall–Kier alpha value is -2.82. The first-order valence-corrected chi connectivity index (χ1v) is 6.35. The van der Waals surface area contributed by atoms with Gasteiger partial charge in [-0.25, -0.2) is 4.79 Å². The Morgan fingerprint density at radius 1 is 1.10 bits per heavy atom. The number of hydrogen-bond acceptors (Lipinski definition) is 4. The van der Waals surface area contributed by atoms with Crippen LogP contribution in [0.4, 0.5) is 5.69 Å². The van der Waals surface area contributed by atoms with Crippen LogP contribution < -0.4 is 5.32 Å². The number of carbonyl (C=O) groups excluding carboxylic acids is 2. The standard InChI is InChI=1S/C16H15NO4/c1-21-16(20)11-6-8-13(9-7-11)17-15(19)10-12-4-2-3-5-14(12)18/h2-9,18H,10H2,1H3,(H,17,19). The molecule has 0 radical (unpaired) electrons. The molecule has 2 aromatic rings. The topological polar surface area (TPSA) is 75.6 Å². The highest BCUT2D eigenvalue weighted by atomic mass is 16.5. The maximum absolute atomic E-state index is 11.9. The van der Waals surface area contributed by atoms with Crippen LogP contribution in [0.3, 0.4) is 0 Å². The van der Waals surface area contributed by atoms with E-state index in [1.807, 2.05) is 0 Å². The number of benzene rings is 2. The number of rotatable bonds is 4. The number of ether oxygens (including phenoxy) is 1. The third-order valence-electron chi connectivity index (χ3n) is 2.93. The zero-order valence-corrected chi connectivity index (χ0v) is 11.5. The summed E-state index contributed by atoms with van der Waals surface area (Å²) < 4.78 is 4.60. The average Bonchev–Trinajstić information content (AvgIpc) is 2.49. The zero-order chi connectivity index (χ0) is 15.2. The molecule has 0 spiro atoms. The van der Waals surface area contributed by atoms with Gasteiger partial charge in [0.25, 0.3) is 0 Å². The van der Waals surface area contributed by atoms with Gasteiger partial charge >= 0.3 is 5.97 Å². The number of anilines is 1. The number of hydrogen-bond donors (Lipinski definition) is 2. The lowest BCUT2D eigenvalue weighted by Crippen LogP contribution is -2.14. The fourth-order valence-electron chi connectivity index (χ4n) is 1.85. The number of aromatic hydroxyl groups is 1. The van der Waals surface area contributed by atoms with Gasteiger partial charge in [-0.1, -0.05) is 18.2 Å². The molecule has 0 aliphatic carbocycles. The number of nitrogens with one attached hydrogen (secondary N) is 1. The molecule has 0 aliphatic rings. The molecule has 0 bridgehead atoms. The number of para-hydroxylation sites is 1. The van der Waals surface area contributed by atoms with Crippen LogP contribution in [0.15, 0.2) is 48.5 Å². The Bertz CT molecular complexity index is 650.